The number of rotatable bonds is 5. The molecular formula is C13H13N3O4S. The van der Waals surface area contributed by atoms with E-state index >= 15 is 0 Å². The van der Waals surface area contributed by atoms with Gasteiger partial charge in [0.1, 0.15) is 0 Å². The molecule has 0 bridgehead atoms. The Morgan fingerprint density at radius 1 is 1.14 bits per heavy atom. The third kappa shape index (κ3) is 3.56. The summed E-state index contributed by atoms with van der Waals surface area (Å²) in [6.07, 6.45) is 0. The van der Waals surface area contributed by atoms with Gasteiger partial charge in [0.05, 0.1) is 9.82 Å². The summed E-state index contributed by atoms with van der Waals surface area (Å²) >= 11 is 0. The van der Waals surface area contributed by atoms with Crippen LogP contribution in [0.2, 0.25) is 0 Å². The number of nitro groups is 1. The maximum Gasteiger partial charge on any atom is 0.269 e. The SMILES string of the molecule is NCc1cccc(NS(=O)(=O)c2ccc([N+](=O)[O-])cc2)c1. The number of hydrogen-bond donors (Lipinski definition) is 2. The average Bonchev–Trinajstić information content (AvgIpc) is 2.47. The minimum atomic E-state index is -3.79. The molecule has 0 aliphatic rings. The number of sulfonamides is 1. The van der Waals surface area contributed by atoms with Gasteiger partial charge in [-0.15, -0.1) is 0 Å². The molecule has 8 heteroatoms. The first-order valence-corrected chi connectivity index (χ1v) is 7.47. The highest BCUT2D eigenvalue weighted by atomic mass is 32.2. The Balaban J connectivity index is 2.27. The second kappa shape index (κ2) is 5.90. The zero-order chi connectivity index (χ0) is 15.5. The van der Waals surface area contributed by atoms with E-state index in [9.17, 15) is 18.5 Å². The molecule has 2 aromatic rings. The zero-order valence-corrected chi connectivity index (χ0v) is 11.7. The van der Waals surface area contributed by atoms with Gasteiger partial charge in [-0.3, -0.25) is 14.8 Å². The first kappa shape index (κ1) is 14.9. The third-order valence-corrected chi connectivity index (χ3v) is 4.17. The average molecular weight is 307 g/mol. The summed E-state index contributed by atoms with van der Waals surface area (Å²) in [6.45, 7) is 0.299. The molecule has 3 N–H and O–H groups in total. The molecule has 0 aliphatic carbocycles. The fraction of sp³-hybridized carbons (Fsp3) is 0.0769. The Kier molecular flexibility index (Phi) is 4.20. The third-order valence-electron chi connectivity index (χ3n) is 2.77. The fourth-order valence-electron chi connectivity index (χ4n) is 1.72. The zero-order valence-electron chi connectivity index (χ0n) is 10.9. The van der Waals surface area contributed by atoms with E-state index in [1.807, 2.05) is 0 Å². The van der Waals surface area contributed by atoms with Crippen molar-refractivity contribution in [3.05, 3.63) is 64.2 Å². The van der Waals surface area contributed by atoms with Crippen LogP contribution in [-0.2, 0) is 16.6 Å². The van der Waals surface area contributed by atoms with Crippen molar-refractivity contribution in [2.45, 2.75) is 11.4 Å². The van der Waals surface area contributed by atoms with Gasteiger partial charge in [0.2, 0.25) is 0 Å². The minimum absolute atomic E-state index is 0.0498. The predicted molar refractivity (Wildman–Crippen MR) is 78.2 cm³/mol. The smallest absolute Gasteiger partial charge is 0.269 e. The van der Waals surface area contributed by atoms with Crippen LogP contribution in [0.25, 0.3) is 0 Å². The fourth-order valence-corrected chi connectivity index (χ4v) is 2.77. The summed E-state index contributed by atoms with van der Waals surface area (Å²) < 4.78 is 26.7. The summed E-state index contributed by atoms with van der Waals surface area (Å²) in [4.78, 5) is 9.91. The van der Waals surface area contributed by atoms with Crippen LogP contribution in [-0.4, -0.2) is 13.3 Å². The highest BCUT2D eigenvalue weighted by molar-refractivity contribution is 7.92. The summed E-state index contributed by atoms with van der Waals surface area (Å²) in [5, 5.41) is 10.6. The predicted octanol–water partition coefficient (Wildman–Crippen LogP) is 1.85. The van der Waals surface area contributed by atoms with Crippen molar-refractivity contribution in [1.29, 1.82) is 0 Å². The van der Waals surface area contributed by atoms with E-state index in [1.165, 1.54) is 12.1 Å². The van der Waals surface area contributed by atoms with Gasteiger partial charge < -0.3 is 5.73 Å². The largest absolute Gasteiger partial charge is 0.326 e. The van der Waals surface area contributed by atoms with Gasteiger partial charge in [0.25, 0.3) is 15.7 Å². The normalized spacial score (nSPS) is 11.1. The molecule has 0 atom stereocenters. The van der Waals surface area contributed by atoms with E-state index < -0.39 is 14.9 Å². The number of nitrogens with two attached hydrogens (primary N) is 1. The Bertz CT molecular complexity index is 757. The Labute approximate surface area is 121 Å². The lowest BCUT2D eigenvalue weighted by Gasteiger charge is -2.09. The molecule has 0 aliphatic heterocycles. The van der Waals surface area contributed by atoms with Crippen LogP contribution in [0.1, 0.15) is 5.56 Å². The number of non-ortho nitro benzene ring substituents is 1. The summed E-state index contributed by atoms with van der Waals surface area (Å²) in [7, 11) is -3.79. The number of benzene rings is 2. The maximum atomic E-state index is 12.2. The topological polar surface area (TPSA) is 115 Å². The number of hydrogen-bond acceptors (Lipinski definition) is 5. The summed E-state index contributed by atoms with van der Waals surface area (Å²) in [6, 6.07) is 11.4. The monoisotopic (exact) mass is 307 g/mol. The molecule has 2 aromatic carbocycles. The Morgan fingerprint density at radius 3 is 2.38 bits per heavy atom. The molecule has 0 fully saturated rings. The van der Waals surface area contributed by atoms with Crippen LogP contribution >= 0.6 is 0 Å². The van der Waals surface area contributed by atoms with Crippen LogP contribution < -0.4 is 10.5 Å². The Morgan fingerprint density at radius 2 is 1.81 bits per heavy atom. The number of nitrogens with zero attached hydrogens (tertiary/aromatic N) is 1. The first-order valence-electron chi connectivity index (χ1n) is 5.98. The van der Waals surface area contributed by atoms with Crippen molar-refractivity contribution >= 4 is 21.4 Å². The van der Waals surface area contributed by atoms with E-state index in [0.29, 0.717) is 12.2 Å². The van der Waals surface area contributed by atoms with Gasteiger partial charge in [0.15, 0.2) is 0 Å². The van der Waals surface area contributed by atoms with E-state index in [2.05, 4.69) is 4.72 Å². The molecule has 0 aromatic heterocycles. The summed E-state index contributed by atoms with van der Waals surface area (Å²) in [5.41, 5.74) is 6.51. The van der Waals surface area contributed by atoms with Crippen molar-refractivity contribution in [1.82, 2.24) is 0 Å². The van der Waals surface area contributed by atoms with Crippen LogP contribution in [0.3, 0.4) is 0 Å². The van der Waals surface area contributed by atoms with Crippen LogP contribution in [0.4, 0.5) is 11.4 Å². The summed E-state index contributed by atoms with van der Waals surface area (Å²) in [5.74, 6) is 0. The van der Waals surface area contributed by atoms with Gasteiger partial charge in [-0.25, -0.2) is 8.42 Å². The molecule has 0 amide bonds. The van der Waals surface area contributed by atoms with E-state index in [-0.39, 0.29) is 10.6 Å². The maximum absolute atomic E-state index is 12.2. The van der Waals surface area contributed by atoms with Crippen molar-refractivity contribution in [2.24, 2.45) is 5.73 Å². The van der Waals surface area contributed by atoms with Crippen LogP contribution in [0, 0.1) is 10.1 Å². The molecule has 7 nitrogen and oxygen atoms in total. The van der Waals surface area contributed by atoms with Crippen molar-refractivity contribution in [3.8, 4) is 0 Å². The minimum Gasteiger partial charge on any atom is -0.326 e. The quantitative estimate of drug-likeness (QED) is 0.646. The lowest BCUT2D eigenvalue weighted by molar-refractivity contribution is -0.384. The first-order chi connectivity index (χ1) is 9.92. The van der Waals surface area contributed by atoms with E-state index in [0.717, 1.165) is 17.7 Å². The van der Waals surface area contributed by atoms with Gasteiger partial charge in [-0.2, -0.15) is 0 Å². The van der Waals surface area contributed by atoms with E-state index in [1.54, 1.807) is 24.3 Å². The van der Waals surface area contributed by atoms with Gasteiger partial charge in [-0.05, 0) is 29.8 Å². The molecular weight excluding hydrogens is 294 g/mol. The van der Waals surface area contributed by atoms with Gasteiger partial charge >= 0.3 is 0 Å². The molecule has 2 rings (SSSR count). The number of nitrogens with one attached hydrogen (secondary N) is 1. The second-order valence-electron chi connectivity index (χ2n) is 4.26. The molecule has 21 heavy (non-hydrogen) atoms. The molecule has 0 radical (unpaired) electrons. The lowest BCUT2D eigenvalue weighted by Crippen LogP contribution is -2.13. The Hall–Kier alpha value is -2.45. The molecule has 0 saturated carbocycles. The van der Waals surface area contributed by atoms with Crippen molar-refractivity contribution in [2.75, 3.05) is 4.72 Å². The highest BCUT2D eigenvalue weighted by Gasteiger charge is 2.16. The van der Waals surface area contributed by atoms with Crippen molar-refractivity contribution < 1.29 is 13.3 Å². The molecule has 0 spiro atoms. The highest BCUT2D eigenvalue weighted by Crippen LogP contribution is 2.19. The number of nitro benzene ring substituents is 1. The van der Waals surface area contributed by atoms with Gasteiger partial charge in [-0.1, -0.05) is 12.1 Å². The lowest BCUT2D eigenvalue weighted by atomic mass is 10.2. The van der Waals surface area contributed by atoms with Crippen LogP contribution in [0.5, 0.6) is 0 Å². The number of anilines is 1. The van der Waals surface area contributed by atoms with Crippen molar-refractivity contribution in [3.63, 3.8) is 0 Å². The molecule has 0 unspecified atom stereocenters. The molecule has 110 valence electrons. The van der Waals surface area contributed by atoms with Gasteiger partial charge in [0, 0.05) is 24.4 Å². The molecule has 0 saturated heterocycles. The standard InChI is InChI=1S/C13H13N3O4S/c14-9-10-2-1-3-11(8-10)15-21(19,20)13-6-4-12(5-7-13)16(17)18/h1-8,15H,9,14H2. The van der Waals surface area contributed by atoms with Crippen LogP contribution in [0.15, 0.2) is 53.4 Å². The van der Waals surface area contributed by atoms with E-state index in [4.69, 9.17) is 5.73 Å². The second-order valence-corrected chi connectivity index (χ2v) is 5.94. The molecule has 0 heterocycles.